The number of nitrogens with two attached hydrogens (primary N) is 1. The molecule has 0 atom stereocenters. The molecule has 180 valence electrons. The zero-order chi connectivity index (χ0) is 24.8. The number of benzene rings is 1. The summed E-state index contributed by atoms with van der Waals surface area (Å²) in [4.78, 5) is 28.9. The topological polar surface area (TPSA) is 101 Å². The number of pyridine rings is 2. The number of imidazole rings is 1. The van der Waals surface area contributed by atoms with Crippen LogP contribution in [0.25, 0.3) is 27.6 Å². The number of carbonyl (C=O) groups excluding carboxylic acids is 1. The highest BCUT2D eigenvalue weighted by Gasteiger charge is 2.25. The Morgan fingerprint density at radius 3 is 2.67 bits per heavy atom. The number of likely N-dealkylation sites (N-methyl/N-ethyl adjacent to an activating group) is 1. The average Bonchev–Trinajstić information content (AvgIpc) is 3.49. The van der Waals surface area contributed by atoms with Crippen molar-refractivity contribution in [2.75, 3.05) is 31.2 Å². The van der Waals surface area contributed by atoms with Crippen molar-refractivity contribution in [3.8, 4) is 22.0 Å². The summed E-state index contributed by atoms with van der Waals surface area (Å²) >= 11 is 1.32. The van der Waals surface area contributed by atoms with Gasteiger partial charge in [0.2, 0.25) is 0 Å². The Bertz CT molecular complexity index is 1570. The van der Waals surface area contributed by atoms with E-state index >= 15 is 0 Å². The predicted octanol–water partition coefficient (Wildman–Crippen LogP) is 4.52. The molecule has 36 heavy (non-hydrogen) atoms. The van der Waals surface area contributed by atoms with Crippen molar-refractivity contribution in [2.24, 2.45) is 0 Å². The first-order chi connectivity index (χ1) is 17.5. The molecule has 1 aliphatic rings. The summed E-state index contributed by atoms with van der Waals surface area (Å²) in [5, 5.41) is 5.12. The molecule has 4 aromatic heterocycles. The molecule has 1 aliphatic heterocycles. The van der Waals surface area contributed by atoms with Gasteiger partial charge in [-0.3, -0.25) is 9.20 Å². The fraction of sp³-hybridized carbons (Fsp3) is 0.154. The number of carbonyl (C=O) groups is 1. The van der Waals surface area contributed by atoms with Gasteiger partial charge in [0.05, 0.1) is 11.4 Å². The summed E-state index contributed by atoms with van der Waals surface area (Å²) < 4.78 is 15.4. The third-order valence-electron chi connectivity index (χ3n) is 6.30. The number of likely N-dealkylation sites (tertiary alicyclic amines) is 1. The van der Waals surface area contributed by atoms with Crippen molar-refractivity contribution in [3.63, 3.8) is 0 Å². The Morgan fingerprint density at radius 2 is 1.94 bits per heavy atom. The molecule has 1 aromatic carbocycles. The maximum Gasteiger partial charge on any atom is 0.276 e. The maximum atomic E-state index is 13.6. The summed E-state index contributed by atoms with van der Waals surface area (Å²) in [7, 11) is 2.09. The van der Waals surface area contributed by atoms with Crippen molar-refractivity contribution in [1.82, 2.24) is 24.3 Å². The predicted molar refractivity (Wildman–Crippen MR) is 139 cm³/mol. The van der Waals surface area contributed by atoms with Gasteiger partial charge in [0.1, 0.15) is 28.0 Å². The third-order valence-corrected chi connectivity index (χ3v) is 7.15. The molecule has 0 bridgehead atoms. The zero-order valence-electron chi connectivity index (χ0n) is 19.4. The number of halogens is 1. The smallest absolute Gasteiger partial charge is 0.276 e. The Kier molecular flexibility index (Phi) is 5.46. The molecule has 1 amide bonds. The van der Waals surface area contributed by atoms with Crippen LogP contribution in [0.4, 0.5) is 15.9 Å². The number of thiazole rings is 1. The number of amides is 1. The Morgan fingerprint density at radius 1 is 1.14 bits per heavy atom. The van der Waals surface area contributed by atoms with Gasteiger partial charge in [-0.2, -0.15) is 0 Å². The zero-order valence-corrected chi connectivity index (χ0v) is 20.2. The second-order valence-corrected chi connectivity index (χ2v) is 9.72. The first kappa shape index (κ1) is 22.3. The van der Waals surface area contributed by atoms with Gasteiger partial charge in [0.25, 0.3) is 5.91 Å². The first-order valence-corrected chi connectivity index (χ1v) is 12.3. The minimum Gasteiger partial charge on any atom is -0.396 e. The van der Waals surface area contributed by atoms with Crippen LogP contribution in [0.5, 0.6) is 0 Å². The van der Waals surface area contributed by atoms with E-state index in [1.165, 1.54) is 29.0 Å². The number of rotatable bonds is 5. The monoisotopic (exact) mass is 499 g/mol. The van der Waals surface area contributed by atoms with Crippen LogP contribution in [-0.2, 0) is 0 Å². The molecule has 1 saturated heterocycles. The van der Waals surface area contributed by atoms with Gasteiger partial charge >= 0.3 is 0 Å². The van der Waals surface area contributed by atoms with Crippen LogP contribution in [0.3, 0.4) is 0 Å². The standard InChI is InChI=1S/C26H22FN7OS/c1-33-12-17(13-33)16-6-9-21(29-11-16)31-25(35)20-14-36-26(30-20)23-22(15-4-7-18(27)8-5-15)32-24-19(28)3-2-10-34(23)24/h2-11,14,17H,12-13,28H2,1H3,(H,29,31,35). The van der Waals surface area contributed by atoms with E-state index in [-0.39, 0.29) is 17.4 Å². The summed E-state index contributed by atoms with van der Waals surface area (Å²) in [6.45, 7) is 2.04. The van der Waals surface area contributed by atoms with E-state index in [1.807, 2.05) is 35.0 Å². The molecule has 0 saturated carbocycles. The van der Waals surface area contributed by atoms with Gasteiger partial charge in [-0.05, 0) is 55.1 Å². The lowest BCUT2D eigenvalue weighted by Crippen LogP contribution is -2.41. The first-order valence-electron chi connectivity index (χ1n) is 11.4. The van der Waals surface area contributed by atoms with E-state index in [0.717, 1.165) is 18.7 Å². The van der Waals surface area contributed by atoms with Crippen LogP contribution in [0.1, 0.15) is 22.0 Å². The lowest BCUT2D eigenvalue weighted by atomic mass is 9.93. The molecule has 10 heteroatoms. The number of nitrogen functional groups attached to an aromatic ring is 1. The number of hydrogen-bond donors (Lipinski definition) is 2. The van der Waals surface area contributed by atoms with Crippen LogP contribution >= 0.6 is 11.3 Å². The van der Waals surface area contributed by atoms with Gasteiger partial charge in [0, 0.05) is 42.3 Å². The van der Waals surface area contributed by atoms with E-state index in [0.29, 0.717) is 39.5 Å². The quantitative estimate of drug-likeness (QED) is 0.369. The fourth-order valence-electron chi connectivity index (χ4n) is 4.40. The molecule has 5 heterocycles. The highest BCUT2D eigenvalue weighted by Crippen LogP contribution is 2.36. The molecule has 1 fully saturated rings. The number of aromatic nitrogens is 4. The van der Waals surface area contributed by atoms with Crippen LogP contribution < -0.4 is 11.1 Å². The Balaban J connectivity index is 1.30. The molecule has 5 aromatic rings. The van der Waals surface area contributed by atoms with Crippen molar-refractivity contribution in [3.05, 3.63) is 83.4 Å². The molecule has 0 spiro atoms. The number of nitrogens with one attached hydrogen (secondary N) is 1. The highest BCUT2D eigenvalue weighted by molar-refractivity contribution is 7.13. The van der Waals surface area contributed by atoms with E-state index in [1.54, 1.807) is 23.6 Å². The van der Waals surface area contributed by atoms with Gasteiger partial charge in [-0.1, -0.05) is 6.07 Å². The molecular weight excluding hydrogens is 477 g/mol. The third kappa shape index (κ3) is 4.00. The fourth-order valence-corrected chi connectivity index (χ4v) is 5.24. The van der Waals surface area contributed by atoms with Crippen molar-refractivity contribution in [1.29, 1.82) is 0 Å². The largest absolute Gasteiger partial charge is 0.396 e. The molecule has 8 nitrogen and oxygen atoms in total. The molecule has 3 N–H and O–H groups in total. The molecule has 0 aliphatic carbocycles. The maximum absolute atomic E-state index is 13.6. The minimum atomic E-state index is -0.349. The Labute approximate surface area is 210 Å². The molecule has 0 unspecified atom stereocenters. The van der Waals surface area contributed by atoms with E-state index in [9.17, 15) is 9.18 Å². The van der Waals surface area contributed by atoms with E-state index in [2.05, 4.69) is 27.2 Å². The van der Waals surface area contributed by atoms with Gasteiger partial charge in [-0.25, -0.2) is 19.3 Å². The number of nitrogens with zero attached hydrogens (tertiary/aromatic N) is 5. The SMILES string of the molecule is CN1CC(c2ccc(NC(=O)c3csc(-c4c(-c5ccc(F)cc5)nc5c(N)cccn45)n3)nc2)C1. The van der Waals surface area contributed by atoms with Gasteiger partial charge < -0.3 is 16.0 Å². The van der Waals surface area contributed by atoms with Crippen LogP contribution in [0, 0.1) is 5.82 Å². The highest BCUT2D eigenvalue weighted by atomic mass is 32.1. The van der Waals surface area contributed by atoms with E-state index < -0.39 is 0 Å². The van der Waals surface area contributed by atoms with Crippen molar-refractivity contribution < 1.29 is 9.18 Å². The van der Waals surface area contributed by atoms with Crippen molar-refractivity contribution >= 4 is 34.4 Å². The second kappa shape index (κ2) is 8.81. The summed E-state index contributed by atoms with van der Waals surface area (Å²) in [5.74, 6) is 0.278. The second-order valence-electron chi connectivity index (χ2n) is 8.86. The average molecular weight is 500 g/mol. The molecular formula is C26H22FN7OS. The lowest BCUT2D eigenvalue weighted by Gasteiger charge is -2.36. The lowest BCUT2D eigenvalue weighted by molar-refractivity contribution is 0.102. The summed E-state index contributed by atoms with van der Waals surface area (Å²) in [6.07, 6.45) is 3.66. The van der Waals surface area contributed by atoms with E-state index in [4.69, 9.17) is 10.7 Å². The molecule has 0 radical (unpaired) electrons. The number of hydrogen-bond acceptors (Lipinski definition) is 7. The normalized spacial score (nSPS) is 14.2. The molecule has 6 rings (SSSR count). The van der Waals surface area contributed by atoms with Gasteiger partial charge in [-0.15, -0.1) is 11.3 Å². The van der Waals surface area contributed by atoms with Crippen molar-refractivity contribution in [2.45, 2.75) is 5.92 Å². The summed E-state index contributed by atoms with van der Waals surface area (Å²) in [6, 6.07) is 13.5. The Hall–Kier alpha value is -4.15. The number of anilines is 2. The number of fused-ring (bicyclic) bond motifs is 1. The minimum absolute atomic E-state index is 0.269. The van der Waals surface area contributed by atoms with Crippen LogP contribution in [0.2, 0.25) is 0 Å². The van der Waals surface area contributed by atoms with Crippen LogP contribution in [-0.4, -0.2) is 50.3 Å². The van der Waals surface area contributed by atoms with Gasteiger partial charge in [0.15, 0.2) is 5.65 Å². The van der Waals surface area contributed by atoms with Crippen LogP contribution in [0.15, 0.2) is 66.3 Å². The summed E-state index contributed by atoms with van der Waals surface area (Å²) in [5.41, 5.74) is 10.7.